The highest BCUT2D eigenvalue weighted by Gasteiger charge is 2.15. The second-order valence-corrected chi connectivity index (χ2v) is 6.94. The standard InChI is InChI=1S/C24H25N3O4/c1-15(24(29)27-18-8-4-17(5-9-18)23(25)28)26-19-10-13-22(31-3)21(14-19)16-6-11-20(30-2)12-7-16/h4-15,26H,1-3H3,(H2,25,28)(H,27,29)/t15-/m1/s1. The Bertz CT molecular complexity index is 1060. The lowest BCUT2D eigenvalue weighted by Crippen LogP contribution is -2.31. The molecule has 0 aliphatic rings. The minimum atomic E-state index is -0.514. The minimum absolute atomic E-state index is 0.214. The molecule has 0 aliphatic heterocycles. The monoisotopic (exact) mass is 419 g/mol. The first-order valence-electron chi connectivity index (χ1n) is 9.71. The molecule has 0 radical (unpaired) electrons. The van der Waals surface area contributed by atoms with E-state index in [4.69, 9.17) is 15.2 Å². The molecule has 2 amide bonds. The molecule has 4 N–H and O–H groups in total. The molecule has 7 nitrogen and oxygen atoms in total. The van der Waals surface area contributed by atoms with Gasteiger partial charge in [0.25, 0.3) is 0 Å². The molecule has 0 spiro atoms. The minimum Gasteiger partial charge on any atom is -0.497 e. The van der Waals surface area contributed by atoms with E-state index >= 15 is 0 Å². The smallest absolute Gasteiger partial charge is 0.248 e. The number of ether oxygens (including phenoxy) is 2. The van der Waals surface area contributed by atoms with Gasteiger partial charge < -0.3 is 25.8 Å². The predicted octanol–water partition coefficient (Wildman–Crippen LogP) is 3.91. The molecular formula is C24H25N3O4. The molecule has 3 aromatic rings. The van der Waals surface area contributed by atoms with Crippen molar-refractivity contribution in [2.24, 2.45) is 5.73 Å². The molecule has 0 saturated carbocycles. The van der Waals surface area contributed by atoms with Crippen molar-refractivity contribution in [1.82, 2.24) is 0 Å². The van der Waals surface area contributed by atoms with Crippen LogP contribution in [0.4, 0.5) is 11.4 Å². The van der Waals surface area contributed by atoms with Crippen molar-refractivity contribution in [3.63, 3.8) is 0 Å². The van der Waals surface area contributed by atoms with Crippen LogP contribution in [0.15, 0.2) is 66.7 Å². The van der Waals surface area contributed by atoms with Crippen LogP contribution >= 0.6 is 0 Å². The molecule has 7 heteroatoms. The highest BCUT2D eigenvalue weighted by atomic mass is 16.5. The quantitative estimate of drug-likeness (QED) is 0.514. The van der Waals surface area contributed by atoms with Gasteiger partial charge in [0.2, 0.25) is 11.8 Å². The molecule has 3 aromatic carbocycles. The summed E-state index contributed by atoms with van der Waals surface area (Å²) in [6.07, 6.45) is 0. The van der Waals surface area contributed by atoms with Crippen LogP contribution in [0.5, 0.6) is 11.5 Å². The van der Waals surface area contributed by atoms with Crippen molar-refractivity contribution in [3.8, 4) is 22.6 Å². The van der Waals surface area contributed by atoms with E-state index in [9.17, 15) is 9.59 Å². The Hall–Kier alpha value is -4.00. The van der Waals surface area contributed by atoms with Crippen molar-refractivity contribution in [1.29, 1.82) is 0 Å². The van der Waals surface area contributed by atoms with E-state index in [-0.39, 0.29) is 5.91 Å². The lowest BCUT2D eigenvalue weighted by Gasteiger charge is -2.17. The Labute approximate surface area is 181 Å². The van der Waals surface area contributed by atoms with E-state index in [1.54, 1.807) is 45.4 Å². The van der Waals surface area contributed by atoms with E-state index in [0.717, 1.165) is 28.3 Å². The van der Waals surface area contributed by atoms with Crippen LogP contribution in [-0.4, -0.2) is 32.1 Å². The number of primary amides is 1. The number of amides is 2. The lowest BCUT2D eigenvalue weighted by atomic mass is 10.0. The van der Waals surface area contributed by atoms with Crippen LogP contribution in [0.25, 0.3) is 11.1 Å². The number of anilines is 2. The van der Waals surface area contributed by atoms with Crippen molar-refractivity contribution in [2.45, 2.75) is 13.0 Å². The molecule has 31 heavy (non-hydrogen) atoms. The second kappa shape index (κ2) is 9.67. The van der Waals surface area contributed by atoms with Gasteiger partial charge >= 0.3 is 0 Å². The van der Waals surface area contributed by atoms with Gasteiger partial charge in [-0.15, -0.1) is 0 Å². The van der Waals surface area contributed by atoms with Gasteiger partial charge in [-0.1, -0.05) is 12.1 Å². The zero-order valence-corrected chi connectivity index (χ0v) is 17.6. The number of rotatable bonds is 8. The van der Waals surface area contributed by atoms with Crippen molar-refractivity contribution >= 4 is 23.2 Å². The molecule has 0 fully saturated rings. The summed E-state index contributed by atoms with van der Waals surface area (Å²) in [7, 11) is 3.24. The van der Waals surface area contributed by atoms with Crippen LogP contribution in [0.3, 0.4) is 0 Å². The molecule has 3 rings (SSSR count). The number of nitrogens with two attached hydrogens (primary N) is 1. The highest BCUT2D eigenvalue weighted by molar-refractivity contribution is 5.97. The molecule has 0 unspecified atom stereocenters. The number of hydrogen-bond acceptors (Lipinski definition) is 5. The fourth-order valence-electron chi connectivity index (χ4n) is 3.08. The summed E-state index contributed by atoms with van der Waals surface area (Å²) in [5.41, 5.74) is 8.84. The zero-order valence-electron chi connectivity index (χ0n) is 17.6. The summed E-state index contributed by atoms with van der Waals surface area (Å²) in [6, 6.07) is 19.2. The summed E-state index contributed by atoms with van der Waals surface area (Å²) in [5, 5.41) is 6.03. The number of benzene rings is 3. The first-order valence-corrected chi connectivity index (χ1v) is 9.71. The Morgan fingerprint density at radius 2 is 1.52 bits per heavy atom. The Morgan fingerprint density at radius 1 is 0.871 bits per heavy atom. The molecule has 160 valence electrons. The van der Waals surface area contributed by atoms with Gasteiger partial charge in [0.1, 0.15) is 17.5 Å². The SMILES string of the molecule is COc1ccc(-c2cc(N[C@H](C)C(=O)Nc3ccc(C(N)=O)cc3)ccc2OC)cc1. The summed E-state index contributed by atoms with van der Waals surface area (Å²) < 4.78 is 10.7. The molecule has 1 atom stereocenters. The third kappa shape index (κ3) is 5.33. The fourth-order valence-corrected chi connectivity index (χ4v) is 3.08. The van der Waals surface area contributed by atoms with E-state index in [2.05, 4.69) is 10.6 Å². The summed E-state index contributed by atoms with van der Waals surface area (Å²) >= 11 is 0. The van der Waals surface area contributed by atoms with E-state index in [1.165, 1.54) is 0 Å². The Morgan fingerprint density at radius 3 is 2.10 bits per heavy atom. The number of carbonyl (C=O) groups excluding carboxylic acids is 2. The van der Waals surface area contributed by atoms with E-state index in [1.807, 2.05) is 42.5 Å². The van der Waals surface area contributed by atoms with Gasteiger partial charge in [0.15, 0.2) is 0 Å². The molecule has 0 aromatic heterocycles. The van der Waals surface area contributed by atoms with Crippen LogP contribution in [0.2, 0.25) is 0 Å². The highest BCUT2D eigenvalue weighted by Crippen LogP contribution is 2.33. The third-order valence-corrected chi connectivity index (χ3v) is 4.81. The zero-order chi connectivity index (χ0) is 22.4. The number of methoxy groups -OCH3 is 2. The summed E-state index contributed by atoms with van der Waals surface area (Å²) in [4.78, 5) is 23.7. The van der Waals surface area contributed by atoms with Crippen LogP contribution in [0, 0.1) is 0 Å². The topological polar surface area (TPSA) is 103 Å². The van der Waals surface area contributed by atoms with Gasteiger partial charge in [-0.2, -0.15) is 0 Å². The maximum atomic E-state index is 12.6. The fraction of sp³-hybridized carbons (Fsp3) is 0.167. The normalized spacial score (nSPS) is 11.3. The number of hydrogen-bond donors (Lipinski definition) is 3. The van der Waals surface area contributed by atoms with E-state index in [0.29, 0.717) is 11.3 Å². The average Bonchev–Trinajstić information content (AvgIpc) is 2.79. The Kier molecular flexibility index (Phi) is 6.77. The number of nitrogens with one attached hydrogen (secondary N) is 2. The van der Waals surface area contributed by atoms with Crippen molar-refractivity contribution in [2.75, 3.05) is 24.9 Å². The van der Waals surface area contributed by atoms with Gasteiger partial charge in [-0.05, 0) is 67.1 Å². The second-order valence-electron chi connectivity index (χ2n) is 6.94. The van der Waals surface area contributed by atoms with Gasteiger partial charge in [0, 0.05) is 22.5 Å². The van der Waals surface area contributed by atoms with Gasteiger partial charge in [-0.3, -0.25) is 9.59 Å². The van der Waals surface area contributed by atoms with Crippen LogP contribution in [-0.2, 0) is 4.79 Å². The summed E-state index contributed by atoms with van der Waals surface area (Å²) in [5.74, 6) is 0.766. The predicted molar refractivity (Wildman–Crippen MR) is 122 cm³/mol. The average molecular weight is 419 g/mol. The molecule has 0 aliphatic carbocycles. The first-order chi connectivity index (χ1) is 14.9. The third-order valence-electron chi connectivity index (χ3n) is 4.81. The molecule has 0 bridgehead atoms. The molecule has 0 saturated heterocycles. The summed E-state index contributed by atoms with van der Waals surface area (Å²) in [6.45, 7) is 1.77. The van der Waals surface area contributed by atoms with Gasteiger partial charge in [-0.25, -0.2) is 0 Å². The largest absolute Gasteiger partial charge is 0.497 e. The maximum absolute atomic E-state index is 12.6. The first kappa shape index (κ1) is 21.7. The van der Waals surface area contributed by atoms with Gasteiger partial charge in [0.05, 0.1) is 14.2 Å². The molecule has 0 heterocycles. The van der Waals surface area contributed by atoms with E-state index < -0.39 is 11.9 Å². The van der Waals surface area contributed by atoms with Crippen molar-refractivity contribution < 1.29 is 19.1 Å². The lowest BCUT2D eigenvalue weighted by molar-refractivity contribution is -0.116. The van der Waals surface area contributed by atoms with Crippen molar-refractivity contribution in [3.05, 3.63) is 72.3 Å². The van der Waals surface area contributed by atoms with Crippen LogP contribution < -0.4 is 25.8 Å². The van der Waals surface area contributed by atoms with Crippen LogP contribution in [0.1, 0.15) is 17.3 Å². The number of carbonyl (C=O) groups is 2. The maximum Gasteiger partial charge on any atom is 0.248 e. The molecular weight excluding hydrogens is 394 g/mol. The Balaban J connectivity index is 1.73.